The number of ether oxygens (including phenoxy) is 2. The van der Waals surface area contributed by atoms with Crippen LogP contribution in [-0.2, 0) is 0 Å². The SMILES string of the molecule is CC[C@@H](c1ccccc1)c1nn2c(-c3ccc(OC)c(OC)c3)nnc2s1. The molecule has 7 heteroatoms. The lowest BCUT2D eigenvalue weighted by Gasteiger charge is -2.11. The fourth-order valence-corrected chi connectivity index (χ4v) is 4.22. The molecule has 0 amide bonds. The molecule has 138 valence electrons. The van der Waals surface area contributed by atoms with Crippen LogP contribution < -0.4 is 9.47 Å². The zero-order valence-corrected chi connectivity index (χ0v) is 16.2. The van der Waals surface area contributed by atoms with Gasteiger partial charge in [-0.1, -0.05) is 48.6 Å². The number of aromatic nitrogens is 4. The number of nitrogens with zero attached hydrogens (tertiary/aromatic N) is 4. The first-order valence-electron chi connectivity index (χ1n) is 8.74. The molecule has 0 aliphatic heterocycles. The van der Waals surface area contributed by atoms with Crippen molar-refractivity contribution >= 4 is 16.3 Å². The van der Waals surface area contributed by atoms with E-state index in [1.807, 2.05) is 28.8 Å². The molecule has 2 aromatic carbocycles. The van der Waals surface area contributed by atoms with Crippen molar-refractivity contribution in [2.75, 3.05) is 14.2 Å². The third kappa shape index (κ3) is 3.14. The van der Waals surface area contributed by atoms with Gasteiger partial charge in [-0.15, -0.1) is 10.2 Å². The first kappa shape index (κ1) is 17.5. The van der Waals surface area contributed by atoms with Gasteiger partial charge in [-0.2, -0.15) is 9.61 Å². The second-order valence-electron chi connectivity index (χ2n) is 6.10. The summed E-state index contributed by atoms with van der Waals surface area (Å²) in [6, 6.07) is 16.1. The average molecular weight is 380 g/mol. The van der Waals surface area contributed by atoms with Gasteiger partial charge in [0.25, 0.3) is 0 Å². The molecule has 4 aromatic rings. The van der Waals surface area contributed by atoms with Crippen LogP contribution in [0.15, 0.2) is 48.5 Å². The number of benzene rings is 2. The standard InChI is InChI=1S/C20H20N4O2S/c1-4-15(13-8-6-5-7-9-13)19-23-24-18(21-22-20(24)27-19)14-10-11-16(25-2)17(12-14)26-3/h5-12,15H,4H2,1-3H3/t15-/m0/s1. The molecule has 1 atom stereocenters. The van der Waals surface area contributed by atoms with Gasteiger partial charge in [-0.25, -0.2) is 0 Å². The van der Waals surface area contributed by atoms with E-state index >= 15 is 0 Å². The zero-order chi connectivity index (χ0) is 18.8. The molecule has 0 spiro atoms. The van der Waals surface area contributed by atoms with Gasteiger partial charge < -0.3 is 9.47 Å². The Kier molecular flexibility index (Phi) is 4.77. The van der Waals surface area contributed by atoms with Crippen molar-refractivity contribution in [3.63, 3.8) is 0 Å². The van der Waals surface area contributed by atoms with Crippen molar-refractivity contribution in [1.82, 2.24) is 19.8 Å². The monoisotopic (exact) mass is 380 g/mol. The van der Waals surface area contributed by atoms with E-state index in [0.29, 0.717) is 17.3 Å². The van der Waals surface area contributed by atoms with Crippen molar-refractivity contribution in [2.24, 2.45) is 0 Å². The molecule has 0 radical (unpaired) electrons. The second-order valence-corrected chi connectivity index (χ2v) is 7.09. The summed E-state index contributed by atoms with van der Waals surface area (Å²) in [4.78, 5) is 0.782. The van der Waals surface area contributed by atoms with Crippen LogP contribution in [0.2, 0.25) is 0 Å². The summed E-state index contributed by atoms with van der Waals surface area (Å²) in [6.07, 6.45) is 0.972. The van der Waals surface area contributed by atoms with Crippen LogP contribution in [0.4, 0.5) is 0 Å². The molecule has 6 nitrogen and oxygen atoms in total. The van der Waals surface area contributed by atoms with E-state index in [4.69, 9.17) is 14.6 Å². The Bertz CT molecular complexity index is 1060. The third-order valence-electron chi connectivity index (χ3n) is 4.56. The zero-order valence-electron chi connectivity index (χ0n) is 15.4. The predicted molar refractivity (Wildman–Crippen MR) is 106 cm³/mol. The van der Waals surface area contributed by atoms with Crippen molar-refractivity contribution in [3.8, 4) is 22.9 Å². The van der Waals surface area contributed by atoms with E-state index in [2.05, 4.69) is 41.4 Å². The van der Waals surface area contributed by atoms with E-state index in [1.165, 1.54) is 5.56 Å². The highest BCUT2D eigenvalue weighted by Crippen LogP contribution is 2.34. The van der Waals surface area contributed by atoms with Crippen LogP contribution in [0.5, 0.6) is 11.5 Å². The summed E-state index contributed by atoms with van der Waals surface area (Å²) in [7, 11) is 3.24. The largest absolute Gasteiger partial charge is 0.493 e. The third-order valence-corrected chi connectivity index (χ3v) is 5.57. The quantitative estimate of drug-likeness (QED) is 0.496. The molecular formula is C20H20N4O2S. The molecule has 0 aliphatic carbocycles. The lowest BCUT2D eigenvalue weighted by atomic mass is 9.97. The Balaban J connectivity index is 1.77. The van der Waals surface area contributed by atoms with Gasteiger partial charge in [0.15, 0.2) is 17.3 Å². The van der Waals surface area contributed by atoms with E-state index in [9.17, 15) is 0 Å². The van der Waals surface area contributed by atoms with Crippen molar-refractivity contribution in [2.45, 2.75) is 19.3 Å². The smallest absolute Gasteiger partial charge is 0.234 e. The molecule has 0 N–H and O–H groups in total. The molecule has 0 bridgehead atoms. The molecule has 4 rings (SSSR count). The van der Waals surface area contributed by atoms with Crippen LogP contribution in [0.3, 0.4) is 0 Å². The van der Waals surface area contributed by atoms with Gasteiger partial charge in [0, 0.05) is 11.5 Å². The number of hydrogen-bond acceptors (Lipinski definition) is 6. The fraction of sp³-hybridized carbons (Fsp3) is 0.250. The van der Waals surface area contributed by atoms with Crippen molar-refractivity contribution in [3.05, 3.63) is 59.1 Å². The van der Waals surface area contributed by atoms with Crippen LogP contribution in [0.1, 0.15) is 29.8 Å². The minimum absolute atomic E-state index is 0.246. The Morgan fingerprint density at radius 1 is 1.00 bits per heavy atom. The molecule has 0 fully saturated rings. The first-order chi connectivity index (χ1) is 13.2. The topological polar surface area (TPSA) is 61.5 Å². The summed E-state index contributed by atoms with van der Waals surface area (Å²) in [6.45, 7) is 2.18. The lowest BCUT2D eigenvalue weighted by molar-refractivity contribution is 0.355. The number of hydrogen-bond donors (Lipinski definition) is 0. The molecule has 0 unspecified atom stereocenters. The maximum atomic E-state index is 5.41. The summed E-state index contributed by atoms with van der Waals surface area (Å²) < 4.78 is 12.5. The van der Waals surface area contributed by atoms with Crippen LogP contribution in [0, 0.1) is 0 Å². The Labute approximate surface area is 161 Å². The van der Waals surface area contributed by atoms with E-state index in [-0.39, 0.29) is 5.92 Å². The predicted octanol–water partition coefficient (Wildman–Crippen LogP) is 4.41. The maximum Gasteiger partial charge on any atom is 0.234 e. The van der Waals surface area contributed by atoms with Gasteiger partial charge in [-0.05, 0) is 30.2 Å². The van der Waals surface area contributed by atoms with Gasteiger partial charge in [0.05, 0.1) is 14.2 Å². The molecule has 0 aliphatic rings. The highest BCUT2D eigenvalue weighted by Gasteiger charge is 2.20. The van der Waals surface area contributed by atoms with Crippen LogP contribution in [-0.4, -0.2) is 34.0 Å². The molecule has 2 aromatic heterocycles. The highest BCUT2D eigenvalue weighted by molar-refractivity contribution is 7.16. The summed E-state index contributed by atoms with van der Waals surface area (Å²) in [5, 5.41) is 14.5. The molecule has 0 saturated heterocycles. The Morgan fingerprint density at radius 2 is 1.78 bits per heavy atom. The minimum Gasteiger partial charge on any atom is -0.493 e. The first-order valence-corrected chi connectivity index (χ1v) is 9.56. The van der Waals surface area contributed by atoms with Gasteiger partial charge in [0.2, 0.25) is 4.96 Å². The van der Waals surface area contributed by atoms with Gasteiger partial charge >= 0.3 is 0 Å². The van der Waals surface area contributed by atoms with Crippen LogP contribution >= 0.6 is 11.3 Å². The number of rotatable bonds is 6. The van der Waals surface area contributed by atoms with Gasteiger partial charge in [0.1, 0.15) is 5.01 Å². The van der Waals surface area contributed by atoms with Crippen LogP contribution in [0.25, 0.3) is 16.3 Å². The summed E-state index contributed by atoms with van der Waals surface area (Å²) >= 11 is 1.58. The molecule has 0 saturated carbocycles. The maximum absolute atomic E-state index is 5.41. The molecule has 2 heterocycles. The summed E-state index contributed by atoms with van der Waals surface area (Å²) in [5.74, 6) is 2.27. The lowest BCUT2D eigenvalue weighted by Crippen LogP contribution is -2.01. The number of methoxy groups -OCH3 is 2. The summed E-state index contributed by atoms with van der Waals surface area (Å²) in [5.41, 5.74) is 2.14. The second kappa shape index (κ2) is 7.36. The highest BCUT2D eigenvalue weighted by atomic mass is 32.1. The van der Waals surface area contributed by atoms with Gasteiger partial charge in [-0.3, -0.25) is 0 Å². The van der Waals surface area contributed by atoms with E-state index < -0.39 is 0 Å². The minimum atomic E-state index is 0.246. The van der Waals surface area contributed by atoms with E-state index in [1.54, 1.807) is 25.6 Å². The Morgan fingerprint density at radius 3 is 2.48 bits per heavy atom. The molecule has 27 heavy (non-hydrogen) atoms. The fourth-order valence-electron chi connectivity index (χ4n) is 3.17. The Hall–Kier alpha value is -2.93. The van der Waals surface area contributed by atoms with E-state index in [0.717, 1.165) is 22.0 Å². The number of fused-ring (bicyclic) bond motifs is 1. The average Bonchev–Trinajstić information content (AvgIpc) is 3.29. The normalized spacial score (nSPS) is 12.3. The van der Waals surface area contributed by atoms with Crippen molar-refractivity contribution < 1.29 is 9.47 Å². The van der Waals surface area contributed by atoms with Crippen molar-refractivity contribution in [1.29, 1.82) is 0 Å². The molecular weight excluding hydrogens is 360 g/mol.